The van der Waals surface area contributed by atoms with Crippen LogP contribution in [0.3, 0.4) is 0 Å². The van der Waals surface area contributed by atoms with Gasteiger partial charge in [-0.05, 0) is 18.2 Å². The van der Waals surface area contributed by atoms with E-state index in [1.54, 1.807) is 6.20 Å². The Bertz CT molecular complexity index is 695. The van der Waals surface area contributed by atoms with Gasteiger partial charge in [0.2, 0.25) is 0 Å². The fourth-order valence-electron chi connectivity index (χ4n) is 1.60. The van der Waals surface area contributed by atoms with Crippen LogP contribution in [0.2, 0.25) is 0 Å². The van der Waals surface area contributed by atoms with Crippen molar-refractivity contribution in [2.24, 2.45) is 0 Å². The molecule has 0 unspecified atom stereocenters. The van der Waals surface area contributed by atoms with E-state index in [-0.39, 0.29) is 0 Å². The van der Waals surface area contributed by atoms with Crippen LogP contribution < -0.4 is 5.32 Å². The molecule has 0 aliphatic carbocycles. The number of halogens is 1. The van der Waals surface area contributed by atoms with Gasteiger partial charge in [-0.15, -0.1) is 0 Å². The number of anilines is 2. The fraction of sp³-hybridized carbons (Fsp3) is 0. The number of rotatable bonds is 2. The van der Waals surface area contributed by atoms with Crippen molar-refractivity contribution in [3.8, 4) is 0 Å². The van der Waals surface area contributed by atoms with Gasteiger partial charge in [0, 0.05) is 10.2 Å². The highest BCUT2D eigenvalue weighted by Crippen LogP contribution is 2.22. The number of benzene rings is 1. The van der Waals surface area contributed by atoms with Gasteiger partial charge in [0.1, 0.15) is 23.7 Å². The largest absolute Gasteiger partial charge is 0.338 e. The number of hydrogen-bond donors (Lipinski definition) is 1. The van der Waals surface area contributed by atoms with E-state index in [1.807, 2.05) is 24.3 Å². The first-order valence-corrected chi connectivity index (χ1v) is 6.05. The molecule has 3 rings (SSSR count). The van der Waals surface area contributed by atoms with Crippen LogP contribution in [0.1, 0.15) is 0 Å². The molecule has 0 saturated carbocycles. The van der Waals surface area contributed by atoms with Crippen molar-refractivity contribution < 1.29 is 0 Å². The molecule has 18 heavy (non-hydrogen) atoms. The molecule has 5 nitrogen and oxygen atoms in total. The van der Waals surface area contributed by atoms with Crippen LogP contribution in [0.15, 0.2) is 47.6 Å². The second-order valence-electron chi connectivity index (χ2n) is 3.61. The molecule has 0 aliphatic rings. The van der Waals surface area contributed by atoms with Gasteiger partial charge in [0.25, 0.3) is 0 Å². The number of aromatic nitrogens is 4. The summed E-state index contributed by atoms with van der Waals surface area (Å²) in [7, 11) is 0. The minimum Gasteiger partial charge on any atom is -0.338 e. The lowest BCUT2D eigenvalue weighted by molar-refractivity contribution is 1.15. The highest BCUT2D eigenvalue weighted by atomic mass is 79.9. The zero-order valence-corrected chi connectivity index (χ0v) is 10.8. The number of nitrogens with zero attached hydrogens (tertiary/aromatic N) is 4. The summed E-state index contributed by atoms with van der Waals surface area (Å²) in [6.45, 7) is 0. The van der Waals surface area contributed by atoms with E-state index in [0.29, 0.717) is 16.9 Å². The summed E-state index contributed by atoms with van der Waals surface area (Å²) in [5.41, 5.74) is 2.35. The molecule has 6 heteroatoms. The summed E-state index contributed by atoms with van der Waals surface area (Å²) in [6, 6.07) is 7.84. The number of fused-ring (bicyclic) bond motifs is 1. The fourth-order valence-corrected chi connectivity index (χ4v) is 2.00. The SMILES string of the molecule is Brc1cccc(Nc2ncnc3cncnc23)c1. The Kier molecular flexibility index (Phi) is 2.85. The molecule has 0 atom stereocenters. The molecule has 0 bridgehead atoms. The summed E-state index contributed by atoms with van der Waals surface area (Å²) in [6.07, 6.45) is 4.64. The Hall–Kier alpha value is -2.08. The summed E-state index contributed by atoms with van der Waals surface area (Å²) in [5, 5.41) is 3.22. The topological polar surface area (TPSA) is 63.6 Å². The van der Waals surface area contributed by atoms with E-state index in [0.717, 1.165) is 10.2 Å². The lowest BCUT2D eigenvalue weighted by atomic mass is 10.3. The Labute approximate surface area is 111 Å². The third kappa shape index (κ3) is 2.14. The minimum absolute atomic E-state index is 0.667. The maximum Gasteiger partial charge on any atom is 0.160 e. The van der Waals surface area contributed by atoms with Crippen LogP contribution in [0.25, 0.3) is 11.0 Å². The minimum atomic E-state index is 0.667. The van der Waals surface area contributed by atoms with Gasteiger partial charge in [0.15, 0.2) is 5.82 Å². The normalized spacial score (nSPS) is 10.5. The highest BCUT2D eigenvalue weighted by molar-refractivity contribution is 9.10. The molecule has 88 valence electrons. The van der Waals surface area contributed by atoms with Crippen molar-refractivity contribution in [1.82, 2.24) is 19.9 Å². The van der Waals surface area contributed by atoms with Gasteiger partial charge in [-0.25, -0.2) is 19.9 Å². The summed E-state index contributed by atoms with van der Waals surface area (Å²) in [5.74, 6) is 0.667. The molecule has 0 spiro atoms. The predicted molar refractivity (Wildman–Crippen MR) is 72.6 cm³/mol. The summed E-state index contributed by atoms with van der Waals surface area (Å²) >= 11 is 3.43. The molecule has 0 amide bonds. The molecule has 0 saturated heterocycles. The number of nitrogens with one attached hydrogen (secondary N) is 1. The van der Waals surface area contributed by atoms with Gasteiger partial charge >= 0.3 is 0 Å². The van der Waals surface area contributed by atoms with E-state index in [9.17, 15) is 0 Å². The zero-order chi connectivity index (χ0) is 12.4. The molecular weight excluding hydrogens is 294 g/mol. The third-order valence-corrected chi connectivity index (χ3v) is 2.88. The maximum atomic E-state index is 4.20. The molecule has 2 aromatic heterocycles. The van der Waals surface area contributed by atoms with Crippen molar-refractivity contribution in [3.63, 3.8) is 0 Å². The van der Waals surface area contributed by atoms with Gasteiger partial charge in [-0.1, -0.05) is 22.0 Å². The van der Waals surface area contributed by atoms with Crippen molar-refractivity contribution in [2.75, 3.05) is 5.32 Å². The standard InChI is InChI=1S/C12H8BrN5/c13-8-2-1-3-9(4-8)18-12-11-10(15-7-17-12)5-14-6-16-11/h1-7H,(H,15,17,18). The van der Waals surface area contributed by atoms with Crippen LogP contribution in [-0.4, -0.2) is 19.9 Å². The molecule has 1 aromatic carbocycles. The Morgan fingerprint density at radius 2 is 2.00 bits per heavy atom. The van der Waals surface area contributed by atoms with Crippen LogP contribution >= 0.6 is 15.9 Å². The lowest BCUT2D eigenvalue weighted by Gasteiger charge is -2.07. The molecular formula is C12H8BrN5. The van der Waals surface area contributed by atoms with E-state index < -0.39 is 0 Å². The summed E-state index contributed by atoms with van der Waals surface area (Å²) < 4.78 is 1.00. The maximum absolute atomic E-state index is 4.20. The van der Waals surface area contributed by atoms with Crippen LogP contribution in [0.4, 0.5) is 11.5 Å². The average molecular weight is 302 g/mol. The predicted octanol–water partition coefficient (Wildman–Crippen LogP) is 2.93. The Morgan fingerprint density at radius 1 is 1.06 bits per heavy atom. The van der Waals surface area contributed by atoms with E-state index >= 15 is 0 Å². The monoisotopic (exact) mass is 301 g/mol. The van der Waals surface area contributed by atoms with Crippen molar-refractivity contribution in [2.45, 2.75) is 0 Å². The van der Waals surface area contributed by atoms with Gasteiger partial charge < -0.3 is 5.32 Å². The molecule has 3 aromatic rings. The second kappa shape index (κ2) is 4.66. The molecule has 0 aliphatic heterocycles. The van der Waals surface area contributed by atoms with Crippen molar-refractivity contribution in [3.05, 3.63) is 47.6 Å². The average Bonchev–Trinajstić information content (AvgIpc) is 2.39. The first-order valence-electron chi connectivity index (χ1n) is 5.26. The molecule has 1 N–H and O–H groups in total. The van der Waals surface area contributed by atoms with Gasteiger partial charge in [-0.2, -0.15) is 0 Å². The number of hydrogen-bond acceptors (Lipinski definition) is 5. The molecule has 0 radical (unpaired) electrons. The first-order chi connectivity index (χ1) is 8.83. The zero-order valence-electron chi connectivity index (χ0n) is 9.21. The van der Waals surface area contributed by atoms with Gasteiger partial charge in [-0.3, -0.25) is 0 Å². The van der Waals surface area contributed by atoms with Gasteiger partial charge in [0.05, 0.1) is 6.20 Å². The second-order valence-corrected chi connectivity index (χ2v) is 4.53. The Morgan fingerprint density at radius 3 is 2.89 bits per heavy atom. The van der Waals surface area contributed by atoms with Crippen LogP contribution in [0, 0.1) is 0 Å². The van der Waals surface area contributed by atoms with E-state index in [1.165, 1.54) is 12.7 Å². The molecule has 2 heterocycles. The first kappa shape index (κ1) is 11.0. The van der Waals surface area contributed by atoms with E-state index in [2.05, 4.69) is 41.2 Å². The van der Waals surface area contributed by atoms with Crippen molar-refractivity contribution >= 4 is 38.5 Å². The molecule has 0 fully saturated rings. The Balaban J connectivity index is 2.05. The highest BCUT2D eigenvalue weighted by Gasteiger charge is 2.05. The lowest BCUT2D eigenvalue weighted by Crippen LogP contribution is -1.97. The van der Waals surface area contributed by atoms with Crippen LogP contribution in [0.5, 0.6) is 0 Å². The van der Waals surface area contributed by atoms with Crippen molar-refractivity contribution in [1.29, 1.82) is 0 Å². The smallest absolute Gasteiger partial charge is 0.160 e. The van der Waals surface area contributed by atoms with Crippen LogP contribution in [-0.2, 0) is 0 Å². The van der Waals surface area contributed by atoms with E-state index in [4.69, 9.17) is 0 Å². The third-order valence-electron chi connectivity index (χ3n) is 2.39. The quantitative estimate of drug-likeness (QED) is 0.788. The summed E-state index contributed by atoms with van der Waals surface area (Å²) in [4.78, 5) is 16.4.